The molecule has 1 aromatic rings. The van der Waals surface area contributed by atoms with E-state index in [-0.39, 0.29) is 6.10 Å². The monoisotopic (exact) mass is 298 g/mol. The van der Waals surface area contributed by atoms with Crippen LogP contribution >= 0.6 is 11.6 Å². The van der Waals surface area contributed by atoms with E-state index in [0.29, 0.717) is 11.0 Å². The molecule has 0 bridgehead atoms. The molecule has 1 unspecified atom stereocenters. The summed E-state index contributed by atoms with van der Waals surface area (Å²) in [6, 6.07) is 0. The number of aromatic nitrogens is 2. The molecular formula is C14H23ClN4O. The fourth-order valence-electron chi connectivity index (χ4n) is 2.30. The predicted molar refractivity (Wildman–Crippen MR) is 82.7 cm³/mol. The lowest BCUT2D eigenvalue weighted by atomic mass is 10.2. The molecule has 0 amide bonds. The lowest BCUT2D eigenvalue weighted by Crippen LogP contribution is -2.33. The lowest BCUT2D eigenvalue weighted by molar-refractivity contribution is 0.115. The van der Waals surface area contributed by atoms with Gasteiger partial charge in [0.05, 0.1) is 12.3 Å². The first-order valence-electron chi connectivity index (χ1n) is 7.37. The summed E-state index contributed by atoms with van der Waals surface area (Å²) in [5.74, 6) is 1.43. The summed E-state index contributed by atoms with van der Waals surface area (Å²) < 4.78 is 5.70. The van der Waals surface area contributed by atoms with Gasteiger partial charge in [-0.3, -0.25) is 0 Å². The van der Waals surface area contributed by atoms with Gasteiger partial charge in [-0.1, -0.05) is 18.5 Å². The average Bonchev–Trinajstić information content (AvgIpc) is 2.97. The van der Waals surface area contributed by atoms with Crippen molar-refractivity contribution in [3.63, 3.8) is 0 Å². The molecule has 0 spiro atoms. The van der Waals surface area contributed by atoms with E-state index in [1.807, 2.05) is 0 Å². The summed E-state index contributed by atoms with van der Waals surface area (Å²) >= 11 is 6.25. The van der Waals surface area contributed by atoms with Crippen molar-refractivity contribution < 1.29 is 4.74 Å². The van der Waals surface area contributed by atoms with Gasteiger partial charge < -0.3 is 15.0 Å². The van der Waals surface area contributed by atoms with Crippen LogP contribution in [0.5, 0.6) is 0 Å². The summed E-state index contributed by atoms with van der Waals surface area (Å²) in [5.41, 5.74) is 0. The Morgan fingerprint density at radius 2 is 2.35 bits per heavy atom. The molecule has 0 radical (unpaired) electrons. The molecule has 0 aromatic carbocycles. The van der Waals surface area contributed by atoms with E-state index in [9.17, 15) is 0 Å². The minimum absolute atomic E-state index is 0.285. The maximum atomic E-state index is 6.25. The van der Waals surface area contributed by atoms with Gasteiger partial charge in [-0.05, 0) is 26.2 Å². The Morgan fingerprint density at radius 1 is 1.50 bits per heavy atom. The minimum Gasteiger partial charge on any atom is -0.376 e. The topological polar surface area (TPSA) is 50.3 Å². The molecule has 1 aliphatic heterocycles. The maximum absolute atomic E-state index is 6.25. The van der Waals surface area contributed by atoms with Crippen molar-refractivity contribution in [1.29, 1.82) is 0 Å². The van der Waals surface area contributed by atoms with Gasteiger partial charge in [-0.15, -0.1) is 0 Å². The summed E-state index contributed by atoms with van der Waals surface area (Å²) in [6.45, 7) is 7.62. The second kappa shape index (κ2) is 7.64. The fourth-order valence-corrected chi connectivity index (χ4v) is 2.51. The van der Waals surface area contributed by atoms with Crippen molar-refractivity contribution in [1.82, 2.24) is 9.97 Å². The fraction of sp³-hybridized carbons (Fsp3) is 0.714. The van der Waals surface area contributed by atoms with Gasteiger partial charge in [0.25, 0.3) is 0 Å². The Balaban J connectivity index is 2.10. The van der Waals surface area contributed by atoms with Crippen molar-refractivity contribution in [3.05, 3.63) is 11.2 Å². The smallest absolute Gasteiger partial charge is 0.224 e. The van der Waals surface area contributed by atoms with E-state index in [0.717, 1.165) is 51.3 Å². The lowest BCUT2D eigenvalue weighted by Gasteiger charge is -2.26. The SMILES string of the molecule is CCCNc1ncc(Cl)c(N(CC)CC2CCCO2)n1. The van der Waals surface area contributed by atoms with Crippen LogP contribution in [0.1, 0.15) is 33.1 Å². The van der Waals surface area contributed by atoms with Crippen LogP contribution in [-0.4, -0.2) is 42.3 Å². The number of likely N-dealkylation sites (N-methyl/N-ethyl adjacent to an activating group) is 1. The first-order valence-corrected chi connectivity index (χ1v) is 7.75. The van der Waals surface area contributed by atoms with Crippen LogP contribution in [0.3, 0.4) is 0 Å². The van der Waals surface area contributed by atoms with E-state index in [1.54, 1.807) is 6.20 Å². The van der Waals surface area contributed by atoms with Gasteiger partial charge in [0.15, 0.2) is 5.82 Å². The Bertz CT molecular complexity index is 424. The molecule has 0 saturated carbocycles. The third-order valence-electron chi connectivity index (χ3n) is 3.39. The number of nitrogens with zero attached hydrogens (tertiary/aromatic N) is 3. The number of anilines is 2. The standard InChI is InChI=1S/C14H23ClN4O/c1-3-7-16-14-17-9-12(15)13(18-14)19(4-2)10-11-6-5-8-20-11/h9,11H,3-8,10H2,1-2H3,(H,16,17,18). The molecule has 6 heteroatoms. The van der Waals surface area contributed by atoms with Crippen molar-refractivity contribution in [2.24, 2.45) is 0 Å². The first kappa shape index (κ1) is 15.3. The largest absolute Gasteiger partial charge is 0.376 e. The number of rotatable bonds is 7. The van der Waals surface area contributed by atoms with Crippen molar-refractivity contribution in [3.8, 4) is 0 Å². The molecule has 0 aliphatic carbocycles. The van der Waals surface area contributed by atoms with Gasteiger partial charge in [-0.25, -0.2) is 4.98 Å². The number of hydrogen-bond acceptors (Lipinski definition) is 5. The minimum atomic E-state index is 0.285. The van der Waals surface area contributed by atoms with E-state index in [1.165, 1.54) is 0 Å². The summed E-state index contributed by atoms with van der Waals surface area (Å²) in [5, 5.41) is 3.79. The van der Waals surface area contributed by atoms with Crippen LogP contribution in [0.25, 0.3) is 0 Å². The highest BCUT2D eigenvalue weighted by Gasteiger charge is 2.21. The number of hydrogen-bond donors (Lipinski definition) is 1. The molecular weight excluding hydrogens is 276 g/mol. The Hall–Kier alpha value is -1.07. The van der Waals surface area contributed by atoms with Gasteiger partial charge in [0, 0.05) is 26.2 Å². The van der Waals surface area contributed by atoms with Gasteiger partial charge in [-0.2, -0.15) is 4.98 Å². The van der Waals surface area contributed by atoms with Gasteiger partial charge >= 0.3 is 0 Å². The first-order chi connectivity index (χ1) is 9.74. The Morgan fingerprint density at radius 3 is 3.00 bits per heavy atom. The second-order valence-corrected chi connectivity index (χ2v) is 5.37. The van der Waals surface area contributed by atoms with Crippen LogP contribution < -0.4 is 10.2 Å². The van der Waals surface area contributed by atoms with E-state index in [2.05, 4.69) is 34.0 Å². The van der Waals surface area contributed by atoms with Crippen molar-refractivity contribution in [2.75, 3.05) is 36.5 Å². The van der Waals surface area contributed by atoms with E-state index < -0.39 is 0 Å². The molecule has 1 fully saturated rings. The number of halogens is 1. The van der Waals surface area contributed by atoms with Gasteiger partial charge in [0.1, 0.15) is 5.02 Å². The highest BCUT2D eigenvalue weighted by Crippen LogP contribution is 2.25. The zero-order chi connectivity index (χ0) is 14.4. The van der Waals surface area contributed by atoms with E-state index >= 15 is 0 Å². The molecule has 1 saturated heterocycles. The van der Waals surface area contributed by atoms with Crippen LogP contribution in [0.4, 0.5) is 11.8 Å². The zero-order valence-electron chi connectivity index (χ0n) is 12.2. The molecule has 5 nitrogen and oxygen atoms in total. The maximum Gasteiger partial charge on any atom is 0.224 e. The second-order valence-electron chi connectivity index (χ2n) is 4.97. The summed E-state index contributed by atoms with van der Waals surface area (Å²) in [7, 11) is 0. The van der Waals surface area contributed by atoms with Crippen LogP contribution in [0.15, 0.2) is 6.20 Å². The Labute approximate surface area is 125 Å². The van der Waals surface area contributed by atoms with Crippen molar-refractivity contribution >= 4 is 23.4 Å². The molecule has 1 aromatic heterocycles. The third-order valence-corrected chi connectivity index (χ3v) is 3.65. The average molecular weight is 299 g/mol. The van der Waals surface area contributed by atoms with Gasteiger partial charge in [0.2, 0.25) is 5.95 Å². The normalized spacial score (nSPS) is 18.2. The Kier molecular flexibility index (Phi) is 5.86. The van der Waals surface area contributed by atoms with Crippen molar-refractivity contribution in [2.45, 2.75) is 39.2 Å². The molecule has 1 N–H and O–H groups in total. The third kappa shape index (κ3) is 3.96. The molecule has 1 atom stereocenters. The molecule has 20 heavy (non-hydrogen) atoms. The zero-order valence-corrected chi connectivity index (χ0v) is 13.0. The molecule has 2 rings (SSSR count). The highest BCUT2D eigenvalue weighted by atomic mass is 35.5. The summed E-state index contributed by atoms with van der Waals surface area (Å²) in [4.78, 5) is 10.9. The molecule has 1 aliphatic rings. The quantitative estimate of drug-likeness (QED) is 0.839. The van der Waals surface area contributed by atoms with Crippen LogP contribution in [-0.2, 0) is 4.74 Å². The highest BCUT2D eigenvalue weighted by molar-refractivity contribution is 6.32. The summed E-state index contributed by atoms with van der Waals surface area (Å²) in [6.07, 6.45) is 5.24. The number of nitrogens with one attached hydrogen (secondary N) is 1. The van der Waals surface area contributed by atoms with Crippen LogP contribution in [0.2, 0.25) is 5.02 Å². The van der Waals surface area contributed by atoms with Crippen LogP contribution in [0, 0.1) is 0 Å². The predicted octanol–water partition coefficient (Wildman–Crippen LogP) is 2.96. The molecule has 112 valence electrons. The van der Waals surface area contributed by atoms with E-state index in [4.69, 9.17) is 16.3 Å². The number of ether oxygens (including phenoxy) is 1. The molecule has 2 heterocycles.